The summed E-state index contributed by atoms with van der Waals surface area (Å²) >= 11 is 1.20. The predicted molar refractivity (Wildman–Crippen MR) is 105 cm³/mol. The van der Waals surface area contributed by atoms with Crippen LogP contribution in [0.25, 0.3) is 0 Å². The number of nitrogens with one attached hydrogen (secondary N) is 1. The van der Waals surface area contributed by atoms with Crippen molar-refractivity contribution in [2.75, 3.05) is 5.32 Å². The smallest absolute Gasteiger partial charge is 0.349 e. The fourth-order valence-corrected chi connectivity index (χ4v) is 3.16. The SMILES string of the molecule is Cc1ccc(NC(=O)C(OC(=O)c2cccs2)c2ccccc2)c([N+](=O)[O-])c1. The Hall–Kier alpha value is -3.52. The lowest BCUT2D eigenvalue weighted by Gasteiger charge is -2.18. The highest BCUT2D eigenvalue weighted by Gasteiger charge is 2.28. The van der Waals surface area contributed by atoms with Gasteiger partial charge in [-0.1, -0.05) is 42.5 Å². The number of thiophene rings is 1. The van der Waals surface area contributed by atoms with Gasteiger partial charge in [0.25, 0.3) is 11.6 Å². The zero-order valence-corrected chi connectivity index (χ0v) is 15.6. The minimum Gasteiger partial charge on any atom is -0.443 e. The molecule has 3 aromatic rings. The van der Waals surface area contributed by atoms with Gasteiger partial charge in [-0.15, -0.1) is 11.3 Å². The third-order valence-electron chi connectivity index (χ3n) is 3.90. The standard InChI is InChI=1S/C20H16N2O5S/c1-13-9-10-15(16(12-13)22(25)26)21-19(23)18(14-6-3-2-4-7-14)27-20(24)17-8-5-11-28-17/h2-12,18H,1H3,(H,21,23). The molecule has 1 atom stereocenters. The van der Waals surface area contributed by atoms with Crippen LogP contribution in [0.5, 0.6) is 0 Å². The molecule has 0 aliphatic carbocycles. The number of hydrogen-bond donors (Lipinski definition) is 1. The maximum atomic E-state index is 12.9. The largest absolute Gasteiger partial charge is 0.443 e. The van der Waals surface area contributed by atoms with E-state index < -0.39 is 22.9 Å². The molecule has 3 rings (SSSR count). The molecule has 2 aromatic carbocycles. The van der Waals surface area contributed by atoms with Crippen LogP contribution >= 0.6 is 11.3 Å². The predicted octanol–water partition coefficient (Wildman–Crippen LogP) is 4.50. The number of nitrogens with zero attached hydrogens (tertiary/aromatic N) is 1. The lowest BCUT2D eigenvalue weighted by Crippen LogP contribution is -2.26. The molecule has 0 fully saturated rings. The molecule has 1 unspecified atom stereocenters. The van der Waals surface area contributed by atoms with Gasteiger partial charge in [0.2, 0.25) is 6.10 Å². The summed E-state index contributed by atoms with van der Waals surface area (Å²) in [5, 5.41) is 15.5. The summed E-state index contributed by atoms with van der Waals surface area (Å²) in [5.74, 6) is -1.32. The fourth-order valence-electron chi connectivity index (χ4n) is 2.56. The number of anilines is 1. The van der Waals surface area contributed by atoms with Gasteiger partial charge in [0.15, 0.2) is 0 Å². The second kappa shape index (κ2) is 8.45. The Bertz CT molecular complexity index is 1000. The molecule has 0 aliphatic heterocycles. The van der Waals surface area contributed by atoms with Crippen molar-refractivity contribution in [1.82, 2.24) is 0 Å². The van der Waals surface area contributed by atoms with Gasteiger partial charge in [-0.2, -0.15) is 0 Å². The Balaban J connectivity index is 1.89. The van der Waals surface area contributed by atoms with Gasteiger partial charge in [-0.25, -0.2) is 4.79 Å². The monoisotopic (exact) mass is 396 g/mol. The molecule has 142 valence electrons. The van der Waals surface area contributed by atoms with E-state index >= 15 is 0 Å². The van der Waals surface area contributed by atoms with Crippen LogP contribution < -0.4 is 5.32 Å². The van der Waals surface area contributed by atoms with E-state index in [0.717, 1.165) is 0 Å². The summed E-state index contributed by atoms with van der Waals surface area (Å²) in [5.41, 5.74) is 0.951. The molecule has 28 heavy (non-hydrogen) atoms. The maximum absolute atomic E-state index is 12.9. The summed E-state index contributed by atoms with van der Waals surface area (Å²) < 4.78 is 5.43. The molecule has 0 spiro atoms. The van der Waals surface area contributed by atoms with Crippen molar-refractivity contribution in [3.63, 3.8) is 0 Å². The highest BCUT2D eigenvalue weighted by atomic mass is 32.1. The van der Waals surface area contributed by atoms with Crippen LogP contribution in [0, 0.1) is 17.0 Å². The number of carbonyl (C=O) groups excluding carboxylic acids is 2. The van der Waals surface area contributed by atoms with E-state index in [1.807, 2.05) is 0 Å². The molecule has 1 aromatic heterocycles. The van der Waals surface area contributed by atoms with E-state index in [9.17, 15) is 19.7 Å². The van der Waals surface area contributed by atoms with Gasteiger partial charge < -0.3 is 10.1 Å². The number of esters is 1. The van der Waals surface area contributed by atoms with Crippen LogP contribution in [0.3, 0.4) is 0 Å². The topological polar surface area (TPSA) is 98.5 Å². The number of nitro groups is 1. The molecule has 1 N–H and O–H groups in total. The quantitative estimate of drug-likeness (QED) is 0.376. The van der Waals surface area contributed by atoms with Crippen molar-refractivity contribution in [2.24, 2.45) is 0 Å². The molecule has 0 bridgehead atoms. The number of ether oxygens (including phenoxy) is 1. The highest BCUT2D eigenvalue weighted by Crippen LogP contribution is 2.28. The van der Waals surface area contributed by atoms with Crippen LogP contribution in [-0.4, -0.2) is 16.8 Å². The minimum atomic E-state index is -1.25. The molecule has 0 aliphatic rings. The van der Waals surface area contributed by atoms with Crippen LogP contribution in [-0.2, 0) is 9.53 Å². The maximum Gasteiger partial charge on any atom is 0.349 e. The number of amides is 1. The van der Waals surface area contributed by atoms with E-state index in [1.165, 1.54) is 23.5 Å². The van der Waals surface area contributed by atoms with Crippen molar-refractivity contribution in [2.45, 2.75) is 13.0 Å². The summed E-state index contributed by atoms with van der Waals surface area (Å²) in [6, 6.07) is 16.3. The first-order valence-corrected chi connectivity index (χ1v) is 9.19. The molecule has 0 saturated heterocycles. The number of hydrogen-bond acceptors (Lipinski definition) is 6. The van der Waals surface area contributed by atoms with Gasteiger partial charge in [0.05, 0.1) is 4.92 Å². The summed E-state index contributed by atoms with van der Waals surface area (Å²) in [6.07, 6.45) is -1.25. The van der Waals surface area contributed by atoms with Crippen LogP contribution in [0.15, 0.2) is 66.0 Å². The first kappa shape index (κ1) is 19.2. The van der Waals surface area contributed by atoms with E-state index in [1.54, 1.807) is 60.8 Å². The van der Waals surface area contributed by atoms with E-state index in [-0.39, 0.29) is 11.4 Å². The Morgan fingerprint density at radius 1 is 1.11 bits per heavy atom. The van der Waals surface area contributed by atoms with Gasteiger partial charge in [-0.05, 0) is 30.0 Å². The fraction of sp³-hybridized carbons (Fsp3) is 0.100. The van der Waals surface area contributed by atoms with Crippen molar-refractivity contribution >= 4 is 34.6 Å². The zero-order valence-electron chi connectivity index (χ0n) is 14.8. The van der Waals surface area contributed by atoms with Gasteiger partial charge in [-0.3, -0.25) is 14.9 Å². The summed E-state index contributed by atoms with van der Waals surface area (Å²) in [7, 11) is 0. The third kappa shape index (κ3) is 4.41. The molecule has 1 amide bonds. The molecule has 8 heteroatoms. The number of nitro benzene ring substituents is 1. The molecule has 1 heterocycles. The second-order valence-corrected chi connectivity index (χ2v) is 6.89. The van der Waals surface area contributed by atoms with Gasteiger partial charge in [0.1, 0.15) is 10.6 Å². The first-order valence-electron chi connectivity index (χ1n) is 8.31. The average Bonchev–Trinajstić information content (AvgIpc) is 3.22. The summed E-state index contributed by atoms with van der Waals surface area (Å²) in [4.78, 5) is 36.3. The Labute approximate surface area is 164 Å². The van der Waals surface area contributed by atoms with E-state index in [4.69, 9.17) is 4.74 Å². The summed E-state index contributed by atoms with van der Waals surface area (Å²) in [6.45, 7) is 1.72. The van der Waals surface area contributed by atoms with Gasteiger partial charge in [0, 0.05) is 11.6 Å². The van der Waals surface area contributed by atoms with Crippen molar-refractivity contribution < 1.29 is 19.2 Å². The van der Waals surface area contributed by atoms with Crippen molar-refractivity contribution in [3.05, 3.63) is 92.2 Å². The Morgan fingerprint density at radius 2 is 1.86 bits per heavy atom. The van der Waals surface area contributed by atoms with Crippen LogP contribution in [0.2, 0.25) is 0 Å². The normalized spacial score (nSPS) is 11.5. The van der Waals surface area contributed by atoms with Crippen molar-refractivity contribution in [3.8, 4) is 0 Å². The number of rotatable bonds is 6. The molecule has 0 saturated carbocycles. The van der Waals surface area contributed by atoms with Crippen molar-refractivity contribution in [1.29, 1.82) is 0 Å². The zero-order chi connectivity index (χ0) is 20.1. The number of benzene rings is 2. The lowest BCUT2D eigenvalue weighted by molar-refractivity contribution is -0.384. The van der Waals surface area contributed by atoms with E-state index in [0.29, 0.717) is 16.0 Å². The molecular weight excluding hydrogens is 380 g/mol. The molecule has 7 nitrogen and oxygen atoms in total. The minimum absolute atomic E-state index is 0.0358. The van der Waals surface area contributed by atoms with Gasteiger partial charge >= 0.3 is 5.97 Å². The van der Waals surface area contributed by atoms with E-state index in [2.05, 4.69) is 5.32 Å². The first-order chi connectivity index (χ1) is 13.5. The average molecular weight is 396 g/mol. The molecule has 0 radical (unpaired) electrons. The second-order valence-electron chi connectivity index (χ2n) is 5.94. The Kier molecular flexibility index (Phi) is 5.81. The Morgan fingerprint density at radius 3 is 2.50 bits per heavy atom. The highest BCUT2D eigenvalue weighted by molar-refractivity contribution is 7.11. The number of aryl methyl sites for hydroxylation is 1. The lowest BCUT2D eigenvalue weighted by atomic mass is 10.1. The third-order valence-corrected chi connectivity index (χ3v) is 4.75. The molecular formula is C20H16N2O5S. The van der Waals surface area contributed by atoms with Crippen LogP contribution in [0.1, 0.15) is 26.9 Å². The number of carbonyl (C=O) groups is 2. The van der Waals surface area contributed by atoms with Crippen LogP contribution in [0.4, 0.5) is 11.4 Å².